The molecule has 2 atom stereocenters. The zero-order valence-electron chi connectivity index (χ0n) is 12.9. The van der Waals surface area contributed by atoms with Crippen LogP contribution in [0.3, 0.4) is 0 Å². The number of benzene rings is 1. The SMILES string of the molecule is Cc1cc(C(C)NC(C)c2ccc3c(c2)OCO3)c(C)o1. The van der Waals surface area contributed by atoms with Gasteiger partial charge in [-0.1, -0.05) is 6.07 Å². The van der Waals surface area contributed by atoms with Crippen molar-refractivity contribution in [3.05, 3.63) is 46.9 Å². The Balaban J connectivity index is 1.74. The number of nitrogens with one attached hydrogen (secondary N) is 1. The molecular formula is C17H21NO3. The van der Waals surface area contributed by atoms with E-state index in [-0.39, 0.29) is 12.1 Å². The fourth-order valence-corrected chi connectivity index (χ4v) is 2.82. The third-order valence-corrected chi connectivity index (χ3v) is 3.94. The lowest BCUT2D eigenvalue weighted by molar-refractivity contribution is 0.174. The van der Waals surface area contributed by atoms with Gasteiger partial charge in [0.1, 0.15) is 11.5 Å². The van der Waals surface area contributed by atoms with Crippen molar-refractivity contribution >= 4 is 0 Å². The van der Waals surface area contributed by atoms with Crippen LogP contribution in [0.25, 0.3) is 0 Å². The van der Waals surface area contributed by atoms with E-state index >= 15 is 0 Å². The summed E-state index contributed by atoms with van der Waals surface area (Å²) in [6.45, 7) is 8.60. The summed E-state index contributed by atoms with van der Waals surface area (Å²) in [5.74, 6) is 3.57. The van der Waals surface area contributed by atoms with Gasteiger partial charge in [0.05, 0.1) is 0 Å². The molecule has 4 nitrogen and oxygen atoms in total. The molecule has 3 rings (SSSR count). The molecule has 4 heteroatoms. The average molecular weight is 287 g/mol. The van der Waals surface area contributed by atoms with Crippen LogP contribution in [-0.2, 0) is 0 Å². The fraction of sp³-hybridized carbons (Fsp3) is 0.412. The van der Waals surface area contributed by atoms with Crippen molar-refractivity contribution in [1.29, 1.82) is 0 Å². The zero-order chi connectivity index (χ0) is 15.0. The molecule has 112 valence electrons. The van der Waals surface area contributed by atoms with Gasteiger partial charge in [0.2, 0.25) is 6.79 Å². The lowest BCUT2D eigenvalue weighted by Crippen LogP contribution is -2.22. The van der Waals surface area contributed by atoms with Crippen molar-refractivity contribution in [2.24, 2.45) is 0 Å². The smallest absolute Gasteiger partial charge is 0.231 e. The van der Waals surface area contributed by atoms with Gasteiger partial charge >= 0.3 is 0 Å². The summed E-state index contributed by atoms with van der Waals surface area (Å²) in [6, 6.07) is 8.62. The first-order valence-corrected chi connectivity index (χ1v) is 7.27. The first-order valence-electron chi connectivity index (χ1n) is 7.27. The summed E-state index contributed by atoms with van der Waals surface area (Å²) < 4.78 is 16.4. The predicted octanol–water partition coefficient (Wildman–Crippen LogP) is 4.04. The molecule has 0 fully saturated rings. The Kier molecular flexibility index (Phi) is 3.64. The Morgan fingerprint density at radius 1 is 1.00 bits per heavy atom. The first kappa shape index (κ1) is 14.0. The predicted molar refractivity (Wildman–Crippen MR) is 80.7 cm³/mol. The van der Waals surface area contributed by atoms with Gasteiger partial charge in [-0.3, -0.25) is 0 Å². The van der Waals surface area contributed by atoms with Gasteiger partial charge in [-0.2, -0.15) is 0 Å². The summed E-state index contributed by atoms with van der Waals surface area (Å²) >= 11 is 0. The molecule has 0 aliphatic carbocycles. The van der Waals surface area contributed by atoms with Crippen LogP contribution in [0.15, 0.2) is 28.7 Å². The van der Waals surface area contributed by atoms with Crippen molar-refractivity contribution in [1.82, 2.24) is 5.32 Å². The first-order chi connectivity index (χ1) is 10.0. The summed E-state index contributed by atoms with van der Waals surface area (Å²) in [7, 11) is 0. The highest BCUT2D eigenvalue weighted by Crippen LogP contribution is 2.34. The molecular weight excluding hydrogens is 266 g/mol. The molecule has 0 spiro atoms. The summed E-state index contributed by atoms with van der Waals surface area (Å²) in [6.07, 6.45) is 0. The largest absolute Gasteiger partial charge is 0.466 e. The number of fused-ring (bicyclic) bond motifs is 1. The maximum Gasteiger partial charge on any atom is 0.231 e. The summed E-state index contributed by atoms with van der Waals surface area (Å²) in [5.41, 5.74) is 2.39. The normalized spacial score (nSPS) is 16.0. The third kappa shape index (κ3) is 2.76. The molecule has 1 aliphatic heterocycles. The quantitative estimate of drug-likeness (QED) is 0.921. The highest BCUT2D eigenvalue weighted by Gasteiger charge is 2.18. The minimum atomic E-state index is 0.212. The Morgan fingerprint density at radius 2 is 1.76 bits per heavy atom. The molecule has 0 saturated heterocycles. The summed E-state index contributed by atoms with van der Waals surface area (Å²) in [5, 5.41) is 3.60. The maximum absolute atomic E-state index is 5.61. The van der Waals surface area contributed by atoms with Crippen LogP contribution < -0.4 is 14.8 Å². The number of rotatable bonds is 4. The van der Waals surface area contributed by atoms with Gasteiger partial charge in [0.25, 0.3) is 0 Å². The van der Waals surface area contributed by atoms with E-state index in [0.717, 1.165) is 23.0 Å². The number of hydrogen-bond acceptors (Lipinski definition) is 4. The lowest BCUT2D eigenvalue weighted by atomic mass is 10.0. The van der Waals surface area contributed by atoms with Crippen LogP contribution in [0.4, 0.5) is 0 Å². The maximum atomic E-state index is 5.61. The van der Waals surface area contributed by atoms with Gasteiger partial charge in [-0.25, -0.2) is 0 Å². The van der Waals surface area contributed by atoms with Crippen LogP contribution in [-0.4, -0.2) is 6.79 Å². The molecule has 0 saturated carbocycles. The van der Waals surface area contributed by atoms with Crippen LogP contribution >= 0.6 is 0 Å². The second-order valence-electron chi connectivity index (χ2n) is 5.59. The van der Waals surface area contributed by atoms with E-state index in [2.05, 4.69) is 31.3 Å². The summed E-state index contributed by atoms with van der Waals surface area (Å²) in [4.78, 5) is 0. The van der Waals surface area contributed by atoms with Gasteiger partial charge < -0.3 is 19.2 Å². The topological polar surface area (TPSA) is 43.6 Å². The minimum absolute atomic E-state index is 0.212. The molecule has 2 heterocycles. The Morgan fingerprint density at radius 3 is 2.48 bits per heavy atom. The van der Waals surface area contributed by atoms with E-state index in [1.807, 2.05) is 26.0 Å². The van der Waals surface area contributed by atoms with Crippen LogP contribution in [0.1, 0.15) is 48.6 Å². The van der Waals surface area contributed by atoms with Gasteiger partial charge in [0, 0.05) is 17.6 Å². The van der Waals surface area contributed by atoms with E-state index < -0.39 is 0 Å². The highest BCUT2D eigenvalue weighted by molar-refractivity contribution is 5.45. The highest BCUT2D eigenvalue weighted by atomic mass is 16.7. The van der Waals surface area contributed by atoms with Gasteiger partial charge in [0.15, 0.2) is 11.5 Å². The molecule has 1 aromatic heterocycles. The minimum Gasteiger partial charge on any atom is -0.466 e. The Bertz CT molecular complexity index is 647. The third-order valence-electron chi connectivity index (χ3n) is 3.94. The second kappa shape index (κ2) is 5.45. The van der Waals surface area contributed by atoms with Crippen LogP contribution in [0.2, 0.25) is 0 Å². The van der Waals surface area contributed by atoms with Gasteiger partial charge in [-0.15, -0.1) is 0 Å². The van der Waals surface area contributed by atoms with Crippen LogP contribution in [0, 0.1) is 13.8 Å². The van der Waals surface area contributed by atoms with E-state index in [1.165, 1.54) is 11.1 Å². The monoisotopic (exact) mass is 287 g/mol. The fourth-order valence-electron chi connectivity index (χ4n) is 2.82. The molecule has 1 aliphatic rings. The second-order valence-corrected chi connectivity index (χ2v) is 5.59. The van der Waals surface area contributed by atoms with Crippen LogP contribution in [0.5, 0.6) is 11.5 Å². The molecule has 0 amide bonds. The Hall–Kier alpha value is -1.94. The molecule has 1 aromatic carbocycles. The standard InChI is InChI=1S/C17H21NO3/c1-10-7-15(13(4)21-10)12(3)18-11(2)14-5-6-16-17(8-14)20-9-19-16/h5-8,11-12,18H,9H2,1-4H3. The number of furan rings is 1. The van der Waals surface area contributed by atoms with Crippen molar-refractivity contribution in [3.8, 4) is 11.5 Å². The lowest BCUT2D eigenvalue weighted by Gasteiger charge is -2.20. The van der Waals surface area contributed by atoms with E-state index in [1.54, 1.807) is 0 Å². The molecule has 2 aromatic rings. The van der Waals surface area contributed by atoms with Crippen molar-refractivity contribution in [2.75, 3.05) is 6.79 Å². The van der Waals surface area contributed by atoms with E-state index in [0.29, 0.717) is 6.79 Å². The van der Waals surface area contributed by atoms with Crippen molar-refractivity contribution in [2.45, 2.75) is 39.8 Å². The van der Waals surface area contributed by atoms with E-state index in [4.69, 9.17) is 13.9 Å². The average Bonchev–Trinajstić information content (AvgIpc) is 3.03. The molecule has 21 heavy (non-hydrogen) atoms. The zero-order valence-corrected chi connectivity index (χ0v) is 12.9. The molecule has 0 radical (unpaired) electrons. The Labute approximate surface area is 125 Å². The van der Waals surface area contributed by atoms with E-state index in [9.17, 15) is 0 Å². The molecule has 0 bridgehead atoms. The molecule has 1 N–H and O–H groups in total. The number of ether oxygens (including phenoxy) is 2. The van der Waals surface area contributed by atoms with Crippen molar-refractivity contribution in [3.63, 3.8) is 0 Å². The number of hydrogen-bond donors (Lipinski definition) is 1. The number of aryl methyl sites for hydroxylation is 2. The van der Waals surface area contributed by atoms with Gasteiger partial charge in [-0.05, 0) is 51.5 Å². The van der Waals surface area contributed by atoms with Crippen molar-refractivity contribution < 1.29 is 13.9 Å². The molecule has 2 unspecified atom stereocenters.